The van der Waals surface area contributed by atoms with Gasteiger partial charge in [-0.05, 0) is 36.8 Å². The van der Waals surface area contributed by atoms with E-state index in [9.17, 15) is 4.79 Å². The summed E-state index contributed by atoms with van der Waals surface area (Å²) < 4.78 is 0. The van der Waals surface area contributed by atoms with Gasteiger partial charge >= 0.3 is 0 Å². The molecule has 0 aromatic carbocycles. The van der Waals surface area contributed by atoms with Gasteiger partial charge in [0, 0.05) is 36.8 Å². The van der Waals surface area contributed by atoms with Crippen LogP contribution < -0.4 is 11.1 Å². The maximum absolute atomic E-state index is 12.3. The third-order valence-corrected chi connectivity index (χ3v) is 4.50. The van der Waals surface area contributed by atoms with E-state index in [4.69, 9.17) is 5.73 Å². The number of aromatic nitrogens is 1. The van der Waals surface area contributed by atoms with Gasteiger partial charge in [-0.1, -0.05) is 26.3 Å². The number of nitrogens with zero attached hydrogens (tertiary/aromatic N) is 1. The Balaban J connectivity index is 0.00000242. The van der Waals surface area contributed by atoms with E-state index in [1.165, 1.54) is 5.56 Å². The Hall–Kier alpha value is -0.840. The lowest BCUT2D eigenvalue weighted by Crippen LogP contribution is -2.39. The predicted molar refractivity (Wildman–Crippen MR) is 99.3 cm³/mol. The highest BCUT2D eigenvalue weighted by Gasteiger charge is 2.26. The lowest BCUT2D eigenvalue weighted by molar-refractivity contribution is -0.126. The molecule has 0 saturated heterocycles. The summed E-state index contributed by atoms with van der Waals surface area (Å²) in [6.45, 7) is 5.04. The second kappa shape index (κ2) is 10.8. The standard InChI is InChI=1S/C17H27N3O.2ClH/c1-12(2)16(14-6-4-8-19-10-14)11-20-17(21)13-5-3-7-15(18)9-13;;/h4,6,8,10,12-13,15-16H,3,5,7,9,11,18H2,1-2H3,(H,20,21);2*1H. The van der Waals surface area contributed by atoms with Crippen molar-refractivity contribution in [3.63, 3.8) is 0 Å². The van der Waals surface area contributed by atoms with Crippen LogP contribution in [0.4, 0.5) is 0 Å². The molecule has 4 nitrogen and oxygen atoms in total. The number of pyridine rings is 1. The van der Waals surface area contributed by atoms with Crippen molar-refractivity contribution in [1.29, 1.82) is 0 Å². The number of hydrogen-bond acceptors (Lipinski definition) is 3. The molecule has 1 aliphatic carbocycles. The highest BCUT2D eigenvalue weighted by Crippen LogP contribution is 2.25. The van der Waals surface area contributed by atoms with Gasteiger partial charge in [-0.3, -0.25) is 9.78 Å². The second-order valence-corrected chi connectivity index (χ2v) is 6.51. The molecule has 3 atom stereocenters. The molecule has 0 spiro atoms. The predicted octanol–water partition coefficient (Wildman–Crippen LogP) is 3.30. The molecule has 3 unspecified atom stereocenters. The van der Waals surface area contributed by atoms with E-state index in [1.54, 1.807) is 6.20 Å². The van der Waals surface area contributed by atoms with Crippen molar-refractivity contribution < 1.29 is 4.79 Å². The lowest BCUT2D eigenvalue weighted by Gasteiger charge is -2.27. The lowest BCUT2D eigenvalue weighted by atomic mass is 9.85. The second-order valence-electron chi connectivity index (χ2n) is 6.51. The summed E-state index contributed by atoms with van der Waals surface area (Å²) in [5.41, 5.74) is 7.16. The Labute approximate surface area is 151 Å². The van der Waals surface area contributed by atoms with Crippen molar-refractivity contribution in [3.05, 3.63) is 30.1 Å². The molecule has 1 aromatic rings. The quantitative estimate of drug-likeness (QED) is 0.845. The molecule has 1 aliphatic rings. The van der Waals surface area contributed by atoms with Crippen LogP contribution in [-0.2, 0) is 4.79 Å². The molecule has 0 bridgehead atoms. The minimum absolute atomic E-state index is 0. The van der Waals surface area contributed by atoms with E-state index < -0.39 is 0 Å². The van der Waals surface area contributed by atoms with Gasteiger partial charge in [0.05, 0.1) is 0 Å². The molecule has 1 amide bonds. The minimum Gasteiger partial charge on any atom is -0.355 e. The highest BCUT2D eigenvalue weighted by molar-refractivity contribution is 5.85. The van der Waals surface area contributed by atoms with Gasteiger partial charge in [-0.2, -0.15) is 0 Å². The Bertz CT molecular complexity index is 456. The fraction of sp³-hybridized carbons (Fsp3) is 0.647. The van der Waals surface area contributed by atoms with Gasteiger partial charge in [-0.15, -0.1) is 24.8 Å². The number of hydrogen-bond donors (Lipinski definition) is 2. The molecule has 1 aromatic heterocycles. The molecule has 1 heterocycles. The molecule has 3 N–H and O–H groups in total. The number of amides is 1. The van der Waals surface area contributed by atoms with Crippen LogP contribution in [-0.4, -0.2) is 23.5 Å². The first-order valence-corrected chi connectivity index (χ1v) is 8.01. The maximum Gasteiger partial charge on any atom is 0.223 e. The van der Waals surface area contributed by atoms with E-state index in [0.717, 1.165) is 25.7 Å². The molecule has 1 saturated carbocycles. The Morgan fingerprint density at radius 1 is 1.39 bits per heavy atom. The van der Waals surface area contributed by atoms with Gasteiger partial charge < -0.3 is 11.1 Å². The van der Waals surface area contributed by atoms with Crippen LogP contribution in [0.25, 0.3) is 0 Å². The molecule has 0 aliphatic heterocycles. The largest absolute Gasteiger partial charge is 0.355 e. The van der Waals surface area contributed by atoms with E-state index in [1.807, 2.05) is 12.3 Å². The topological polar surface area (TPSA) is 68.0 Å². The van der Waals surface area contributed by atoms with Crippen LogP contribution in [0.5, 0.6) is 0 Å². The Morgan fingerprint density at radius 2 is 2.13 bits per heavy atom. The first-order valence-electron chi connectivity index (χ1n) is 8.01. The maximum atomic E-state index is 12.3. The SMILES string of the molecule is CC(C)C(CNC(=O)C1CCCC(N)C1)c1cccnc1.Cl.Cl. The Kier molecular flexibility index (Phi) is 10.4. The van der Waals surface area contributed by atoms with Crippen molar-refractivity contribution in [3.8, 4) is 0 Å². The van der Waals surface area contributed by atoms with Crippen LogP contribution in [0.2, 0.25) is 0 Å². The summed E-state index contributed by atoms with van der Waals surface area (Å²) in [5, 5.41) is 3.13. The number of carbonyl (C=O) groups excluding carboxylic acids is 1. The molecule has 23 heavy (non-hydrogen) atoms. The zero-order chi connectivity index (χ0) is 15.2. The van der Waals surface area contributed by atoms with E-state index in [2.05, 4.69) is 30.2 Å². The fourth-order valence-electron chi connectivity index (χ4n) is 3.15. The summed E-state index contributed by atoms with van der Waals surface area (Å²) >= 11 is 0. The number of halogens is 2. The van der Waals surface area contributed by atoms with Gasteiger partial charge in [0.15, 0.2) is 0 Å². The van der Waals surface area contributed by atoms with Gasteiger partial charge in [0.1, 0.15) is 0 Å². The highest BCUT2D eigenvalue weighted by atomic mass is 35.5. The molecule has 2 rings (SSSR count). The van der Waals surface area contributed by atoms with Crippen molar-refractivity contribution >= 4 is 30.7 Å². The third-order valence-electron chi connectivity index (χ3n) is 4.50. The summed E-state index contributed by atoms with van der Waals surface area (Å²) in [6, 6.07) is 4.22. The first kappa shape index (κ1) is 22.2. The van der Waals surface area contributed by atoms with Gasteiger partial charge in [0.25, 0.3) is 0 Å². The van der Waals surface area contributed by atoms with E-state index in [0.29, 0.717) is 18.4 Å². The van der Waals surface area contributed by atoms with Crippen LogP contribution in [0.1, 0.15) is 51.0 Å². The summed E-state index contributed by atoms with van der Waals surface area (Å²) in [5.74, 6) is 1.03. The molecule has 1 fully saturated rings. The number of nitrogens with one attached hydrogen (secondary N) is 1. The molecular formula is C17H29Cl2N3O. The van der Waals surface area contributed by atoms with Crippen molar-refractivity contribution in [2.75, 3.05) is 6.54 Å². The normalized spacial score (nSPS) is 21.7. The molecule has 132 valence electrons. The number of rotatable bonds is 5. The van der Waals surface area contributed by atoms with Crippen molar-refractivity contribution in [2.24, 2.45) is 17.6 Å². The fourth-order valence-corrected chi connectivity index (χ4v) is 3.15. The minimum atomic E-state index is 0. The van der Waals surface area contributed by atoms with Crippen molar-refractivity contribution in [2.45, 2.75) is 51.5 Å². The average molecular weight is 362 g/mol. The molecule has 6 heteroatoms. The number of nitrogens with two attached hydrogens (primary N) is 1. The summed E-state index contributed by atoms with van der Waals surface area (Å²) in [6.07, 6.45) is 7.59. The zero-order valence-corrected chi connectivity index (χ0v) is 15.5. The summed E-state index contributed by atoms with van der Waals surface area (Å²) in [7, 11) is 0. The van der Waals surface area contributed by atoms with E-state index in [-0.39, 0.29) is 42.7 Å². The number of carbonyl (C=O) groups is 1. The summed E-state index contributed by atoms with van der Waals surface area (Å²) in [4.78, 5) is 16.5. The van der Waals surface area contributed by atoms with Crippen LogP contribution in [0, 0.1) is 11.8 Å². The van der Waals surface area contributed by atoms with Gasteiger partial charge in [-0.25, -0.2) is 0 Å². The molecular weight excluding hydrogens is 333 g/mol. The van der Waals surface area contributed by atoms with Crippen molar-refractivity contribution in [1.82, 2.24) is 10.3 Å². The van der Waals surface area contributed by atoms with Crippen LogP contribution in [0.3, 0.4) is 0 Å². The third kappa shape index (κ3) is 6.66. The smallest absolute Gasteiger partial charge is 0.223 e. The van der Waals surface area contributed by atoms with Crippen LogP contribution in [0.15, 0.2) is 24.5 Å². The average Bonchev–Trinajstić information content (AvgIpc) is 2.48. The van der Waals surface area contributed by atoms with E-state index >= 15 is 0 Å². The van der Waals surface area contributed by atoms with Crippen LogP contribution >= 0.6 is 24.8 Å². The van der Waals surface area contributed by atoms with Gasteiger partial charge in [0.2, 0.25) is 5.91 Å². The zero-order valence-electron chi connectivity index (χ0n) is 13.9. The molecule has 0 radical (unpaired) electrons. The Morgan fingerprint density at radius 3 is 2.70 bits per heavy atom. The first-order chi connectivity index (χ1) is 10.1. The monoisotopic (exact) mass is 361 g/mol.